The number of aryl methyl sites for hydroxylation is 1. The topological polar surface area (TPSA) is 97.4 Å². The van der Waals surface area contributed by atoms with Gasteiger partial charge in [-0.3, -0.25) is 9.48 Å². The lowest BCUT2D eigenvalue weighted by atomic mass is 10.2. The molecule has 3 heterocycles. The fraction of sp³-hybridized carbons (Fsp3) is 0.300. The third-order valence-electron chi connectivity index (χ3n) is 4.85. The number of carbonyl (C=O) groups excluding carboxylic acids is 1. The minimum absolute atomic E-state index is 0.0409. The first-order chi connectivity index (χ1) is 13.9. The molecule has 1 saturated heterocycles. The van der Waals surface area contributed by atoms with Crippen molar-refractivity contribution in [3.8, 4) is 0 Å². The summed E-state index contributed by atoms with van der Waals surface area (Å²) in [4.78, 5) is 12.6. The van der Waals surface area contributed by atoms with Gasteiger partial charge in [-0.05, 0) is 25.3 Å². The summed E-state index contributed by atoms with van der Waals surface area (Å²) in [5.41, 5.74) is 1.09. The van der Waals surface area contributed by atoms with Gasteiger partial charge in [0, 0.05) is 31.4 Å². The first-order valence-electron chi connectivity index (χ1n) is 9.43. The van der Waals surface area contributed by atoms with Crippen molar-refractivity contribution in [2.75, 3.05) is 18.4 Å². The molecule has 0 atom stereocenters. The summed E-state index contributed by atoms with van der Waals surface area (Å²) in [6, 6.07) is 12.8. The predicted molar refractivity (Wildman–Crippen MR) is 107 cm³/mol. The Morgan fingerprint density at radius 1 is 1.17 bits per heavy atom. The summed E-state index contributed by atoms with van der Waals surface area (Å²) in [5.74, 6) is -0.0283. The van der Waals surface area contributed by atoms with Gasteiger partial charge in [-0.2, -0.15) is 9.40 Å². The van der Waals surface area contributed by atoms with Gasteiger partial charge in [0.15, 0.2) is 11.6 Å². The van der Waals surface area contributed by atoms with E-state index in [1.807, 2.05) is 30.3 Å². The number of nitrogens with one attached hydrogen (secondary N) is 1. The van der Waals surface area contributed by atoms with Crippen molar-refractivity contribution < 1.29 is 17.6 Å². The summed E-state index contributed by atoms with van der Waals surface area (Å²) in [7, 11) is -3.65. The lowest BCUT2D eigenvalue weighted by molar-refractivity contribution is 0.0995. The van der Waals surface area contributed by atoms with Crippen molar-refractivity contribution >= 4 is 21.7 Å². The van der Waals surface area contributed by atoms with Crippen LogP contribution in [0.25, 0.3) is 0 Å². The Bertz CT molecular complexity index is 1110. The molecule has 0 radical (unpaired) electrons. The molecule has 1 aliphatic heterocycles. The van der Waals surface area contributed by atoms with E-state index in [4.69, 9.17) is 4.42 Å². The Labute approximate surface area is 169 Å². The molecule has 1 amide bonds. The molecule has 2 aromatic heterocycles. The number of furan rings is 1. The molecule has 0 unspecified atom stereocenters. The van der Waals surface area contributed by atoms with Gasteiger partial charge in [0.2, 0.25) is 10.0 Å². The standard InChI is InChI=1S/C20H22N4O4S/c1-15-18(29(26,27)24-10-5-6-11-24)13-17(28-15)20(25)21-19-9-12-23(22-19)14-16-7-3-2-4-8-16/h2-4,7-9,12-13H,5-6,10-11,14H2,1H3,(H,21,22,25). The molecule has 1 N–H and O–H groups in total. The van der Waals surface area contributed by atoms with Crippen LogP contribution >= 0.6 is 0 Å². The van der Waals surface area contributed by atoms with Gasteiger partial charge in [-0.25, -0.2) is 8.42 Å². The van der Waals surface area contributed by atoms with Gasteiger partial charge in [0.1, 0.15) is 10.7 Å². The number of carbonyl (C=O) groups is 1. The molecule has 1 aromatic carbocycles. The molecule has 1 fully saturated rings. The monoisotopic (exact) mass is 414 g/mol. The van der Waals surface area contributed by atoms with E-state index in [2.05, 4.69) is 10.4 Å². The van der Waals surface area contributed by atoms with Crippen LogP contribution < -0.4 is 5.32 Å². The maximum absolute atomic E-state index is 12.7. The van der Waals surface area contributed by atoms with E-state index >= 15 is 0 Å². The van der Waals surface area contributed by atoms with Crippen molar-refractivity contribution in [2.45, 2.75) is 31.2 Å². The lowest BCUT2D eigenvalue weighted by Crippen LogP contribution is -2.28. The van der Waals surface area contributed by atoms with E-state index in [0.29, 0.717) is 25.5 Å². The number of benzene rings is 1. The van der Waals surface area contributed by atoms with Crippen molar-refractivity contribution in [1.82, 2.24) is 14.1 Å². The van der Waals surface area contributed by atoms with Crippen LogP contribution in [-0.2, 0) is 16.6 Å². The van der Waals surface area contributed by atoms with E-state index in [9.17, 15) is 13.2 Å². The molecule has 152 valence electrons. The number of amides is 1. The highest BCUT2D eigenvalue weighted by Gasteiger charge is 2.31. The van der Waals surface area contributed by atoms with E-state index in [0.717, 1.165) is 18.4 Å². The molecule has 0 saturated carbocycles. The first kappa shape index (κ1) is 19.4. The summed E-state index contributed by atoms with van der Waals surface area (Å²) in [6.07, 6.45) is 3.45. The van der Waals surface area contributed by atoms with Crippen LogP contribution in [0.3, 0.4) is 0 Å². The molecular weight excluding hydrogens is 392 g/mol. The number of hydrogen-bond acceptors (Lipinski definition) is 5. The highest BCUT2D eigenvalue weighted by Crippen LogP contribution is 2.26. The van der Waals surface area contributed by atoms with Crippen LogP contribution in [0.15, 0.2) is 58.0 Å². The van der Waals surface area contributed by atoms with Gasteiger partial charge >= 0.3 is 0 Å². The lowest BCUT2D eigenvalue weighted by Gasteiger charge is -2.14. The second kappa shape index (κ2) is 7.84. The fourth-order valence-corrected chi connectivity index (χ4v) is 5.04. The number of anilines is 1. The second-order valence-electron chi connectivity index (χ2n) is 6.98. The van der Waals surface area contributed by atoms with Crippen LogP contribution in [-0.4, -0.2) is 41.5 Å². The molecular formula is C20H22N4O4S. The van der Waals surface area contributed by atoms with Gasteiger partial charge in [-0.1, -0.05) is 30.3 Å². The summed E-state index contributed by atoms with van der Waals surface area (Å²) in [6.45, 7) is 3.11. The predicted octanol–water partition coefficient (Wildman–Crippen LogP) is 2.87. The Hall–Kier alpha value is -2.91. The van der Waals surface area contributed by atoms with E-state index < -0.39 is 15.9 Å². The van der Waals surface area contributed by atoms with Crippen LogP contribution in [0.1, 0.15) is 34.7 Å². The summed E-state index contributed by atoms with van der Waals surface area (Å²) < 4.78 is 34.1. The number of nitrogens with zero attached hydrogens (tertiary/aromatic N) is 3. The minimum Gasteiger partial charge on any atom is -0.455 e. The van der Waals surface area contributed by atoms with E-state index in [1.165, 1.54) is 10.4 Å². The van der Waals surface area contributed by atoms with E-state index in [1.54, 1.807) is 23.9 Å². The van der Waals surface area contributed by atoms with Crippen molar-refractivity contribution in [2.24, 2.45) is 0 Å². The van der Waals surface area contributed by atoms with Crippen LogP contribution in [0.5, 0.6) is 0 Å². The van der Waals surface area contributed by atoms with Crippen LogP contribution in [0.2, 0.25) is 0 Å². The molecule has 4 rings (SSSR count). The zero-order chi connectivity index (χ0) is 20.4. The average molecular weight is 414 g/mol. The first-order valence-corrected chi connectivity index (χ1v) is 10.9. The molecule has 29 heavy (non-hydrogen) atoms. The number of rotatable bonds is 6. The normalized spacial score (nSPS) is 14.9. The Morgan fingerprint density at radius 3 is 2.62 bits per heavy atom. The van der Waals surface area contributed by atoms with Gasteiger partial charge < -0.3 is 9.73 Å². The number of sulfonamides is 1. The number of hydrogen-bond donors (Lipinski definition) is 1. The maximum atomic E-state index is 12.7. The molecule has 1 aliphatic rings. The zero-order valence-corrected chi connectivity index (χ0v) is 16.9. The van der Waals surface area contributed by atoms with Crippen molar-refractivity contribution in [1.29, 1.82) is 0 Å². The zero-order valence-electron chi connectivity index (χ0n) is 16.0. The summed E-state index contributed by atoms with van der Waals surface area (Å²) in [5, 5.41) is 6.98. The number of aromatic nitrogens is 2. The Kier molecular flexibility index (Phi) is 5.25. The van der Waals surface area contributed by atoms with Gasteiger partial charge in [0.25, 0.3) is 5.91 Å². The van der Waals surface area contributed by atoms with Crippen molar-refractivity contribution in [3.05, 3.63) is 65.7 Å². The summed E-state index contributed by atoms with van der Waals surface area (Å²) >= 11 is 0. The van der Waals surface area contributed by atoms with Crippen LogP contribution in [0.4, 0.5) is 5.82 Å². The molecule has 9 heteroatoms. The second-order valence-corrected chi connectivity index (χ2v) is 8.89. The smallest absolute Gasteiger partial charge is 0.292 e. The van der Waals surface area contributed by atoms with Gasteiger partial charge in [-0.15, -0.1) is 0 Å². The molecule has 3 aromatic rings. The highest BCUT2D eigenvalue weighted by atomic mass is 32.2. The SMILES string of the molecule is Cc1oc(C(=O)Nc2ccn(Cc3ccccc3)n2)cc1S(=O)(=O)N1CCCC1. The van der Waals surface area contributed by atoms with Gasteiger partial charge in [0.05, 0.1) is 6.54 Å². The highest BCUT2D eigenvalue weighted by molar-refractivity contribution is 7.89. The largest absolute Gasteiger partial charge is 0.455 e. The quantitative estimate of drug-likeness (QED) is 0.669. The molecule has 0 aliphatic carbocycles. The third-order valence-corrected chi connectivity index (χ3v) is 6.85. The third kappa shape index (κ3) is 4.10. The Morgan fingerprint density at radius 2 is 1.90 bits per heavy atom. The van der Waals surface area contributed by atoms with Crippen molar-refractivity contribution in [3.63, 3.8) is 0 Å². The molecule has 0 spiro atoms. The van der Waals surface area contributed by atoms with E-state index in [-0.39, 0.29) is 16.4 Å². The minimum atomic E-state index is -3.65. The average Bonchev–Trinajstić information content (AvgIpc) is 3.44. The Balaban J connectivity index is 1.47. The van der Waals surface area contributed by atoms with Crippen LogP contribution in [0, 0.1) is 6.92 Å². The molecule has 0 bridgehead atoms. The maximum Gasteiger partial charge on any atom is 0.292 e. The molecule has 8 nitrogen and oxygen atoms in total. The fourth-order valence-electron chi connectivity index (χ4n) is 3.37.